The Hall–Kier alpha value is -0.830. The van der Waals surface area contributed by atoms with Crippen LogP contribution in [0.4, 0.5) is 0 Å². The summed E-state index contributed by atoms with van der Waals surface area (Å²) in [5, 5.41) is 3.52. The van der Waals surface area contributed by atoms with Crippen molar-refractivity contribution in [3.63, 3.8) is 0 Å². The van der Waals surface area contributed by atoms with E-state index in [0.29, 0.717) is 6.04 Å². The Morgan fingerprint density at radius 3 is 2.87 bits per heavy atom. The maximum Gasteiger partial charge on any atom is 0.109 e. The van der Waals surface area contributed by atoms with Crippen LogP contribution in [0.1, 0.15) is 49.5 Å². The van der Waals surface area contributed by atoms with Gasteiger partial charge in [-0.25, -0.2) is 4.98 Å². The maximum atomic E-state index is 4.50. The second-order valence-corrected chi connectivity index (χ2v) is 4.92. The van der Waals surface area contributed by atoms with Crippen LogP contribution in [-0.4, -0.2) is 22.6 Å². The summed E-state index contributed by atoms with van der Waals surface area (Å²) in [6.45, 7) is 1.19. The zero-order valence-corrected chi connectivity index (χ0v) is 9.13. The smallest absolute Gasteiger partial charge is 0.109 e. The Kier molecular flexibility index (Phi) is 2.49. The van der Waals surface area contributed by atoms with Crippen molar-refractivity contribution in [2.24, 2.45) is 0 Å². The number of rotatable bonds is 3. The lowest BCUT2D eigenvalue weighted by Crippen LogP contribution is -2.23. The molecule has 1 atom stereocenters. The van der Waals surface area contributed by atoms with Crippen LogP contribution in [0.2, 0.25) is 0 Å². The minimum absolute atomic E-state index is 0.680. The highest BCUT2D eigenvalue weighted by Gasteiger charge is 2.23. The quantitative estimate of drug-likeness (QED) is 0.792. The standard InChI is InChI=1S/C12H19N3/c1-3-9(4-1)12-14-8-11(15-12)7-10-5-2-6-13-10/h8-10,13H,1-7H2,(H,14,15). The third kappa shape index (κ3) is 1.93. The molecule has 0 spiro atoms. The molecule has 2 aliphatic rings. The third-order valence-electron chi connectivity index (χ3n) is 3.77. The first-order valence-corrected chi connectivity index (χ1v) is 6.19. The van der Waals surface area contributed by atoms with Gasteiger partial charge in [0.05, 0.1) is 0 Å². The summed E-state index contributed by atoms with van der Waals surface area (Å²) in [4.78, 5) is 7.99. The van der Waals surface area contributed by atoms with E-state index in [2.05, 4.69) is 15.3 Å². The molecular weight excluding hydrogens is 186 g/mol. The topological polar surface area (TPSA) is 40.7 Å². The molecule has 3 rings (SSSR count). The van der Waals surface area contributed by atoms with E-state index in [1.165, 1.54) is 50.2 Å². The lowest BCUT2D eigenvalue weighted by Gasteiger charge is -2.22. The van der Waals surface area contributed by atoms with Gasteiger partial charge in [0.25, 0.3) is 0 Å². The van der Waals surface area contributed by atoms with Gasteiger partial charge in [-0.05, 0) is 32.2 Å². The fraction of sp³-hybridized carbons (Fsp3) is 0.750. The number of aromatic amines is 1. The summed E-state index contributed by atoms with van der Waals surface area (Å²) in [7, 11) is 0. The van der Waals surface area contributed by atoms with Gasteiger partial charge in [-0.3, -0.25) is 0 Å². The largest absolute Gasteiger partial charge is 0.346 e. The first-order valence-electron chi connectivity index (χ1n) is 6.19. The van der Waals surface area contributed by atoms with E-state index < -0.39 is 0 Å². The normalized spacial score (nSPS) is 26.8. The SMILES string of the molecule is c1nc(C2CCC2)[nH]c1CC1CCCN1. The van der Waals surface area contributed by atoms with Gasteiger partial charge in [0, 0.05) is 30.3 Å². The van der Waals surface area contributed by atoms with Crippen LogP contribution < -0.4 is 5.32 Å². The first kappa shape index (κ1) is 9.40. The van der Waals surface area contributed by atoms with Crippen LogP contribution in [0.15, 0.2) is 6.20 Å². The Morgan fingerprint density at radius 2 is 2.20 bits per heavy atom. The van der Waals surface area contributed by atoms with Crippen molar-refractivity contribution >= 4 is 0 Å². The zero-order valence-electron chi connectivity index (χ0n) is 9.13. The number of nitrogens with one attached hydrogen (secondary N) is 2. The van der Waals surface area contributed by atoms with Crippen LogP contribution in [-0.2, 0) is 6.42 Å². The van der Waals surface area contributed by atoms with Crippen molar-refractivity contribution < 1.29 is 0 Å². The number of nitrogens with zero attached hydrogens (tertiary/aromatic N) is 1. The number of hydrogen-bond donors (Lipinski definition) is 2. The molecular formula is C12H19N3. The number of H-pyrrole nitrogens is 1. The second-order valence-electron chi connectivity index (χ2n) is 4.92. The van der Waals surface area contributed by atoms with E-state index in [1.54, 1.807) is 0 Å². The first-order chi connectivity index (χ1) is 7.42. The van der Waals surface area contributed by atoms with E-state index in [0.717, 1.165) is 12.3 Å². The molecule has 1 saturated heterocycles. The molecule has 1 aliphatic carbocycles. The lowest BCUT2D eigenvalue weighted by molar-refractivity contribution is 0.403. The van der Waals surface area contributed by atoms with Gasteiger partial charge in [0.15, 0.2) is 0 Å². The summed E-state index contributed by atoms with van der Waals surface area (Å²) in [5.41, 5.74) is 1.32. The minimum Gasteiger partial charge on any atom is -0.346 e. The summed E-state index contributed by atoms with van der Waals surface area (Å²) in [6.07, 6.45) is 9.84. The van der Waals surface area contributed by atoms with E-state index in [4.69, 9.17) is 0 Å². The van der Waals surface area contributed by atoms with Crippen molar-refractivity contribution in [2.45, 2.75) is 50.5 Å². The van der Waals surface area contributed by atoms with Crippen molar-refractivity contribution in [2.75, 3.05) is 6.54 Å². The van der Waals surface area contributed by atoms with Crippen molar-refractivity contribution in [3.8, 4) is 0 Å². The number of imidazole rings is 1. The van der Waals surface area contributed by atoms with E-state index in [-0.39, 0.29) is 0 Å². The average Bonchev–Trinajstić information content (AvgIpc) is 2.75. The van der Waals surface area contributed by atoms with Gasteiger partial charge >= 0.3 is 0 Å². The maximum absolute atomic E-state index is 4.50. The monoisotopic (exact) mass is 205 g/mol. The molecule has 1 unspecified atom stereocenters. The molecule has 2 N–H and O–H groups in total. The molecule has 0 radical (unpaired) electrons. The predicted molar refractivity (Wildman–Crippen MR) is 59.9 cm³/mol. The molecule has 0 amide bonds. The second kappa shape index (κ2) is 3.97. The molecule has 2 heterocycles. The Bertz CT molecular complexity index is 321. The van der Waals surface area contributed by atoms with Crippen molar-refractivity contribution in [3.05, 3.63) is 17.7 Å². The van der Waals surface area contributed by atoms with Gasteiger partial charge in [-0.15, -0.1) is 0 Å². The molecule has 3 heteroatoms. The highest BCUT2D eigenvalue weighted by atomic mass is 15.0. The van der Waals surface area contributed by atoms with Crippen LogP contribution >= 0.6 is 0 Å². The zero-order chi connectivity index (χ0) is 10.1. The fourth-order valence-corrected chi connectivity index (χ4v) is 2.57. The number of aromatic nitrogens is 2. The van der Waals surface area contributed by atoms with Gasteiger partial charge in [-0.2, -0.15) is 0 Å². The lowest BCUT2D eigenvalue weighted by atomic mass is 9.85. The Labute approximate surface area is 90.7 Å². The van der Waals surface area contributed by atoms with Crippen LogP contribution in [0.3, 0.4) is 0 Å². The van der Waals surface area contributed by atoms with Crippen LogP contribution in [0, 0.1) is 0 Å². The van der Waals surface area contributed by atoms with Gasteiger partial charge in [-0.1, -0.05) is 6.42 Å². The Balaban J connectivity index is 1.62. The van der Waals surface area contributed by atoms with Gasteiger partial charge < -0.3 is 10.3 Å². The van der Waals surface area contributed by atoms with Crippen LogP contribution in [0.25, 0.3) is 0 Å². The Morgan fingerprint density at radius 1 is 1.27 bits per heavy atom. The third-order valence-corrected chi connectivity index (χ3v) is 3.77. The van der Waals surface area contributed by atoms with Gasteiger partial charge in [0.1, 0.15) is 5.82 Å². The van der Waals surface area contributed by atoms with Gasteiger partial charge in [0.2, 0.25) is 0 Å². The summed E-state index contributed by atoms with van der Waals surface area (Å²) < 4.78 is 0. The molecule has 0 bridgehead atoms. The predicted octanol–water partition coefficient (Wildman–Crippen LogP) is 1.97. The van der Waals surface area contributed by atoms with E-state index in [1.807, 2.05) is 6.20 Å². The summed E-state index contributed by atoms with van der Waals surface area (Å²) >= 11 is 0. The van der Waals surface area contributed by atoms with Crippen molar-refractivity contribution in [1.29, 1.82) is 0 Å². The molecule has 1 aromatic heterocycles. The van der Waals surface area contributed by atoms with Crippen molar-refractivity contribution in [1.82, 2.24) is 15.3 Å². The summed E-state index contributed by atoms with van der Waals surface area (Å²) in [6, 6.07) is 0.680. The molecule has 0 aromatic carbocycles. The molecule has 1 aliphatic heterocycles. The average molecular weight is 205 g/mol. The molecule has 2 fully saturated rings. The fourth-order valence-electron chi connectivity index (χ4n) is 2.57. The molecule has 1 saturated carbocycles. The van der Waals surface area contributed by atoms with E-state index in [9.17, 15) is 0 Å². The summed E-state index contributed by atoms with van der Waals surface area (Å²) in [5.74, 6) is 1.96. The highest BCUT2D eigenvalue weighted by molar-refractivity contribution is 5.09. The van der Waals surface area contributed by atoms with E-state index >= 15 is 0 Å². The molecule has 3 nitrogen and oxygen atoms in total. The molecule has 1 aromatic rings. The number of hydrogen-bond acceptors (Lipinski definition) is 2. The van der Waals surface area contributed by atoms with Crippen LogP contribution in [0.5, 0.6) is 0 Å². The molecule has 15 heavy (non-hydrogen) atoms. The molecule has 82 valence electrons. The highest BCUT2D eigenvalue weighted by Crippen LogP contribution is 2.34. The minimum atomic E-state index is 0.680.